The second-order valence-corrected chi connectivity index (χ2v) is 7.90. The van der Waals surface area contributed by atoms with Gasteiger partial charge in [0.25, 0.3) is 0 Å². The van der Waals surface area contributed by atoms with Gasteiger partial charge in [0.05, 0.1) is 17.7 Å². The summed E-state index contributed by atoms with van der Waals surface area (Å²) < 4.78 is 0. The minimum atomic E-state index is -0.255. The van der Waals surface area contributed by atoms with E-state index in [-0.39, 0.29) is 89.5 Å². The Morgan fingerprint density at radius 1 is 0.516 bits per heavy atom. The quantitative estimate of drug-likeness (QED) is 0.369. The molecule has 3 rings (SSSR count). The van der Waals surface area contributed by atoms with E-state index in [1.165, 1.54) is 20.8 Å². The number of Topliss-reactive ketones (excluding diaryl/α,β-unsaturated/α-hetero) is 3. The Morgan fingerprint density at radius 2 is 0.710 bits per heavy atom. The van der Waals surface area contributed by atoms with E-state index in [4.69, 9.17) is 0 Å². The van der Waals surface area contributed by atoms with Gasteiger partial charge in [0.1, 0.15) is 17.3 Å². The van der Waals surface area contributed by atoms with Gasteiger partial charge in [-0.2, -0.15) is 0 Å². The van der Waals surface area contributed by atoms with Gasteiger partial charge in [0.15, 0.2) is 0 Å². The summed E-state index contributed by atoms with van der Waals surface area (Å²) in [6.07, 6.45) is 6.05. The Kier molecular flexibility index (Phi) is 13.9. The topological polar surface area (TPSA) is 145 Å². The standard InChI is InChI=1S/3C7H11NO2.Fe/c3*1-5(9)4-7(10)8-6-2-3-6;/h3*6H,2-4H2,1H3,(H,8,10);/q;;;+3/p-3. The molecule has 1 radical (unpaired) electrons. The molecule has 0 aromatic heterocycles. The van der Waals surface area contributed by atoms with Crippen LogP contribution in [0.1, 0.15) is 78.6 Å². The van der Waals surface area contributed by atoms with E-state index in [0.29, 0.717) is 0 Å². The van der Waals surface area contributed by atoms with Crippen LogP contribution in [0.15, 0.2) is 0 Å². The summed E-state index contributed by atoms with van der Waals surface area (Å²) >= 11 is 0. The van der Waals surface area contributed by atoms with Crippen LogP contribution in [0.3, 0.4) is 0 Å². The van der Waals surface area contributed by atoms with Crippen LogP contribution in [0, 0.1) is 0 Å². The fraction of sp³-hybridized carbons (Fsp3) is 0.714. The second-order valence-electron chi connectivity index (χ2n) is 7.90. The minimum Gasteiger partial charge on any atom is -0.650 e. The summed E-state index contributed by atoms with van der Waals surface area (Å²) in [6.45, 7) is 4.21. The van der Waals surface area contributed by atoms with Crippen molar-refractivity contribution in [2.24, 2.45) is 0 Å². The number of rotatable bonds is 9. The van der Waals surface area contributed by atoms with Crippen molar-refractivity contribution in [3.63, 3.8) is 0 Å². The summed E-state index contributed by atoms with van der Waals surface area (Å²) in [4.78, 5) is 63.3. The molecule has 31 heavy (non-hydrogen) atoms. The van der Waals surface area contributed by atoms with E-state index in [1.807, 2.05) is 0 Å². The minimum absolute atomic E-state index is 0. The summed E-state index contributed by atoms with van der Waals surface area (Å²) in [5.74, 6) is -1.07. The third-order valence-corrected chi connectivity index (χ3v) is 3.82. The smallest absolute Gasteiger partial charge is 0.650 e. The van der Waals surface area contributed by atoms with Gasteiger partial charge >= 0.3 is 17.1 Å². The van der Waals surface area contributed by atoms with Gasteiger partial charge in [0.2, 0.25) is 0 Å². The Bertz CT molecular complexity index is 580. The SMILES string of the molecule is CC(=O)CC(=O)[N-]C1CC1.CC(=O)CC(=O)[N-]C1CC1.CC(=O)CC(=O)[N-]C1CC1.[Fe+3]. The van der Waals surface area contributed by atoms with Gasteiger partial charge in [-0.1, -0.05) is 38.5 Å². The van der Waals surface area contributed by atoms with Crippen LogP contribution in [-0.4, -0.2) is 53.2 Å². The molecule has 0 N–H and O–H groups in total. The van der Waals surface area contributed by atoms with Gasteiger partial charge in [-0.05, 0) is 20.8 Å². The molecule has 0 heterocycles. The largest absolute Gasteiger partial charge is 3.00 e. The monoisotopic (exact) mass is 476 g/mol. The van der Waals surface area contributed by atoms with E-state index < -0.39 is 0 Å². The molecule has 9 nitrogen and oxygen atoms in total. The predicted molar refractivity (Wildman–Crippen MR) is 110 cm³/mol. The predicted octanol–water partition coefficient (Wildman–Crippen LogP) is 3.08. The first kappa shape index (κ1) is 28.9. The molecule has 0 saturated heterocycles. The molecule has 3 saturated carbocycles. The molecule has 0 aromatic rings. The maximum Gasteiger partial charge on any atom is 3.00 e. The molecule has 0 aromatic carbocycles. The maximum absolute atomic E-state index is 10.7. The van der Waals surface area contributed by atoms with Crippen molar-refractivity contribution in [2.75, 3.05) is 0 Å². The van der Waals surface area contributed by atoms with Crippen molar-refractivity contribution in [1.29, 1.82) is 0 Å². The first-order valence-corrected chi connectivity index (χ1v) is 10.2. The molecule has 0 unspecified atom stereocenters. The molecule has 10 heteroatoms. The third-order valence-electron chi connectivity index (χ3n) is 3.82. The average molecular weight is 476 g/mol. The third kappa shape index (κ3) is 19.6. The molecular weight excluding hydrogens is 446 g/mol. The maximum atomic E-state index is 10.7. The first-order valence-electron chi connectivity index (χ1n) is 10.2. The van der Waals surface area contributed by atoms with Crippen molar-refractivity contribution in [2.45, 2.75) is 96.7 Å². The number of hydrogen-bond donors (Lipinski definition) is 0. The average Bonchev–Trinajstić information content (AvgIpc) is 3.38. The summed E-state index contributed by atoms with van der Waals surface area (Å²) in [6, 6.07) is 0.727. The summed E-state index contributed by atoms with van der Waals surface area (Å²) in [5.41, 5.74) is 0. The van der Waals surface area contributed by atoms with Gasteiger partial charge in [-0.15, -0.1) is 18.1 Å². The normalized spacial score (nSPS) is 16.0. The number of amides is 3. The number of hydrogen-bond acceptors (Lipinski definition) is 6. The fourth-order valence-electron chi connectivity index (χ4n) is 2.00. The fourth-order valence-corrected chi connectivity index (χ4v) is 2.00. The van der Waals surface area contributed by atoms with Crippen LogP contribution in [0.25, 0.3) is 16.0 Å². The van der Waals surface area contributed by atoms with Gasteiger partial charge in [0, 0.05) is 19.3 Å². The first-order chi connectivity index (χ1) is 14.0. The van der Waals surface area contributed by atoms with Gasteiger partial charge in [-0.3, -0.25) is 14.4 Å². The number of carbonyl (C=O) groups excluding carboxylic acids is 6. The Hall–Kier alpha value is -2.06. The zero-order chi connectivity index (χ0) is 22.7. The van der Waals surface area contributed by atoms with Crippen molar-refractivity contribution in [3.8, 4) is 0 Å². The van der Waals surface area contributed by atoms with Crippen molar-refractivity contribution in [3.05, 3.63) is 16.0 Å². The molecule has 0 spiro atoms. The van der Waals surface area contributed by atoms with Crippen molar-refractivity contribution in [1.82, 2.24) is 0 Å². The zero-order valence-electron chi connectivity index (χ0n) is 18.2. The molecule has 3 aliphatic carbocycles. The Morgan fingerprint density at radius 3 is 0.839 bits per heavy atom. The zero-order valence-corrected chi connectivity index (χ0v) is 19.3. The van der Waals surface area contributed by atoms with Crippen LogP contribution in [0.5, 0.6) is 0 Å². The van der Waals surface area contributed by atoms with E-state index >= 15 is 0 Å². The molecule has 3 amide bonds. The molecule has 3 aliphatic rings. The molecule has 0 aliphatic heterocycles. The summed E-state index contributed by atoms with van der Waals surface area (Å²) in [7, 11) is 0. The van der Waals surface area contributed by atoms with Crippen molar-refractivity contribution >= 4 is 35.1 Å². The van der Waals surface area contributed by atoms with E-state index in [1.54, 1.807) is 0 Å². The van der Waals surface area contributed by atoms with Crippen LogP contribution in [0.4, 0.5) is 0 Å². The molecular formula is C21H30FeN3O6. The van der Waals surface area contributed by atoms with Crippen LogP contribution < -0.4 is 0 Å². The van der Waals surface area contributed by atoms with E-state index in [0.717, 1.165) is 38.5 Å². The van der Waals surface area contributed by atoms with Crippen molar-refractivity contribution < 1.29 is 45.8 Å². The van der Waals surface area contributed by atoms with E-state index in [2.05, 4.69) is 16.0 Å². The van der Waals surface area contributed by atoms with Crippen LogP contribution >= 0.6 is 0 Å². The Balaban J connectivity index is 0.000000429. The number of carbonyl (C=O) groups is 6. The second kappa shape index (κ2) is 14.9. The van der Waals surface area contributed by atoms with Gasteiger partial charge in [-0.25, -0.2) is 0 Å². The Labute approximate surface area is 193 Å². The molecule has 173 valence electrons. The number of ketones is 3. The van der Waals surface area contributed by atoms with E-state index in [9.17, 15) is 28.8 Å². The molecule has 3 fully saturated rings. The summed E-state index contributed by atoms with van der Waals surface area (Å²) in [5, 5.41) is 11.3. The van der Waals surface area contributed by atoms with Gasteiger partial charge < -0.3 is 30.3 Å². The molecule has 0 atom stereocenters. The molecule has 0 bridgehead atoms. The number of nitrogens with zero attached hydrogens (tertiary/aromatic N) is 3. The van der Waals surface area contributed by atoms with Crippen LogP contribution in [-0.2, 0) is 45.8 Å². The van der Waals surface area contributed by atoms with Crippen LogP contribution in [0.2, 0.25) is 0 Å².